The van der Waals surface area contributed by atoms with Gasteiger partial charge < -0.3 is 10.0 Å². The molecule has 1 atom stereocenters. The monoisotopic (exact) mass is 222 g/mol. The molecular formula is C12H18N2O2. The Morgan fingerprint density at radius 3 is 2.88 bits per heavy atom. The Hall–Kier alpha value is -1.42. The van der Waals surface area contributed by atoms with Gasteiger partial charge in [-0.2, -0.15) is 0 Å². The third kappa shape index (κ3) is 3.31. The summed E-state index contributed by atoms with van der Waals surface area (Å²) in [5.74, 6) is 0.683. The molecule has 0 aliphatic carbocycles. The summed E-state index contributed by atoms with van der Waals surface area (Å²) in [6, 6.07) is 3.52. The van der Waals surface area contributed by atoms with Crippen molar-refractivity contribution in [3.63, 3.8) is 0 Å². The second-order valence-electron chi connectivity index (χ2n) is 3.99. The van der Waals surface area contributed by atoms with Gasteiger partial charge in [0.05, 0.1) is 11.7 Å². The van der Waals surface area contributed by atoms with E-state index in [0.29, 0.717) is 24.3 Å². The van der Waals surface area contributed by atoms with Crippen molar-refractivity contribution in [2.75, 3.05) is 18.5 Å². The first kappa shape index (κ1) is 12.6. The number of ketones is 1. The highest BCUT2D eigenvalue weighted by Gasteiger charge is 2.12. The normalized spacial score (nSPS) is 12.2. The highest BCUT2D eigenvalue weighted by Crippen LogP contribution is 2.16. The molecule has 1 N–H and O–H groups in total. The lowest BCUT2D eigenvalue weighted by atomic mass is 10.1. The molecule has 0 amide bonds. The molecule has 0 spiro atoms. The van der Waals surface area contributed by atoms with Crippen LogP contribution in [0.2, 0.25) is 0 Å². The van der Waals surface area contributed by atoms with E-state index in [-0.39, 0.29) is 11.9 Å². The number of aliphatic hydroxyl groups is 1. The maximum absolute atomic E-state index is 11.4. The highest BCUT2D eigenvalue weighted by atomic mass is 16.3. The Bertz CT molecular complexity index is 364. The molecule has 0 fully saturated rings. The van der Waals surface area contributed by atoms with Crippen molar-refractivity contribution in [1.82, 2.24) is 4.98 Å². The molecular weight excluding hydrogens is 204 g/mol. The van der Waals surface area contributed by atoms with Crippen LogP contribution in [0.3, 0.4) is 0 Å². The van der Waals surface area contributed by atoms with Crippen LogP contribution in [0, 0.1) is 0 Å². The summed E-state index contributed by atoms with van der Waals surface area (Å²) < 4.78 is 0. The molecule has 0 bridgehead atoms. The van der Waals surface area contributed by atoms with Crippen LogP contribution in [0.4, 0.5) is 5.82 Å². The lowest BCUT2D eigenvalue weighted by Crippen LogP contribution is -2.24. The smallest absolute Gasteiger partial charge is 0.163 e. The number of aromatic nitrogens is 1. The van der Waals surface area contributed by atoms with E-state index >= 15 is 0 Å². The number of Topliss-reactive ketones (excluding diaryl/α,β-unsaturated/α-hetero) is 1. The first-order chi connectivity index (χ1) is 7.52. The minimum atomic E-state index is -0.341. The fraction of sp³-hybridized carbons (Fsp3) is 0.500. The summed E-state index contributed by atoms with van der Waals surface area (Å²) in [5.41, 5.74) is 0.621. The van der Waals surface area contributed by atoms with Crippen molar-refractivity contribution in [2.45, 2.75) is 26.4 Å². The Kier molecular flexibility index (Phi) is 4.43. The zero-order valence-electron chi connectivity index (χ0n) is 9.97. The molecule has 0 aliphatic rings. The Morgan fingerprint density at radius 1 is 1.62 bits per heavy atom. The van der Waals surface area contributed by atoms with Crippen molar-refractivity contribution in [3.8, 4) is 0 Å². The molecule has 0 radical (unpaired) electrons. The third-order valence-electron chi connectivity index (χ3n) is 2.41. The number of anilines is 1. The average molecular weight is 222 g/mol. The first-order valence-corrected chi connectivity index (χ1v) is 5.37. The average Bonchev–Trinajstić information content (AvgIpc) is 2.25. The predicted octanol–water partition coefficient (Wildman–Crippen LogP) is 1.49. The Morgan fingerprint density at radius 2 is 2.31 bits per heavy atom. The molecule has 0 saturated heterocycles. The van der Waals surface area contributed by atoms with Crippen molar-refractivity contribution >= 4 is 11.6 Å². The Labute approximate surface area is 95.9 Å². The van der Waals surface area contributed by atoms with E-state index in [1.807, 2.05) is 11.9 Å². The van der Waals surface area contributed by atoms with Crippen molar-refractivity contribution in [3.05, 3.63) is 23.9 Å². The number of pyridine rings is 1. The first-order valence-electron chi connectivity index (χ1n) is 5.37. The molecule has 4 heteroatoms. The van der Waals surface area contributed by atoms with E-state index < -0.39 is 0 Å². The maximum Gasteiger partial charge on any atom is 0.163 e. The van der Waals surface area contributed by atoms with Crippen LogP contribution in [-0.2, 0) is 0 Å². The van der Waals surface area contributed by atoms with Crippen molar-refractivity contribution in [1.29, 1.82) is 0 Å². The van der Waals surface area contributed by atoms with Crippen LogP contribution in [0.25, 0.3) is 0 Å². The second kappa shape index (κ2) is 5.61. The van der Waals surface area contributed by atoms with E-state index in [2.05, 4.69) is 4.98 Å². The number of aliphatic hydroxyl groups excluding tert-OH is 1. The molecule has 0 saturated carbocycles. The lowest BCUT2D eigenvalue weighted by molar-refractivity contribution is 0.101. The molecule has 16 heavy (non-hydrogen) atoms. The minimum absolute atomic E-state index is 0.00648. The van der Waals surface area contributed by atoms with E-state index in [9.17, 15) is 9.90 Å². The summed E-state index contributed by atoms with van der Waals surface area (Å²) in [5, 5.41) is 9.21. The summed E-state index contributed by atoms with van der Waals surface area (Å²) >= 11 is 0. The fourth-order valence-corrected chi connectivity index (χ4v) is 1.46. The SMILES string of the molecule is CC(=O)c1cccnc1N(C)CCC(C)O. The Balaban J connectivity index is 2.82. The summed E-state index contributed by atoms with van der Waals surface area (Å²) in [6.45, 7) is 3.95. The number of hydrogen-bond acceptors (Lipinski definition) is 4. The summed E-state index contributed by atoms with van der Waals surface area (Å²) in [7, 11) is 1.87. The zero-order valence-corrected chi connectivity index (χ0v) is 9.97. The molecule has 1 heterocycles. The van der Waals surface area contributed by atoms with E-state index in [4.69, 9.17) is 0 Å². The van der Waals surface area contributed by atoms with E-state index in [1.54, 1.807) is 25.3 Å². The van der Waals surface area contributed by atoms with E-state index in [0.717, 1.165) is 0 Å². The number of carbonyl (C=O) groups excluding carboxylic acids is 1. The number of hydrogen-bond donors (Lipinski definition) is 1. The highest BCUT2D eigenvalue weighted by molar-refractivity contribution is 5.98. The third-order valence-corrected chi connectivity index (χ3v) is 2.41. The standard InChI is InChI=1S/C12H18N2O2/c1-9(15)6-8-14(3)12-11(10(2)16)5-4-7-13-12/h4-5,7,9,15H,6,8H2,1-3H3. The summed E-state index contributed by atoms with van der Waals surface area (Å²) in [4.78, 5) is 17.5. The summed E-state index contributed by atoms with van der Waals surface area (Å²) in [6.07, 6.45) is 1.98. The van der Waals surface area contributed by atoms with Gasteiger partial charge in [-0.3, -0.25) is 4.79 Å². The molecule has 1 rings (SSSR count). The predicted molar refractivity (Wildman–Crippen MR) is 63.8 cm³/mol. The van der Waals surface area contributed by atoms with Gasteiger partial charge in [-0.05, 0) is 32.4 Å². The number of carbonyl (C=O) groups is 1. The zero-order chi connectivity index (χ0) is 12.1. The van der Waals surface area contributed by atoms with Gasteiger partial charge in [-0.15, -0.1) is 0 Å². The van der Waals surface area contributed by atoms with Crippen molar-refractivity contribution in [2.24, 2.45) is 0 Å². The molecule has 0 aromatic carbocycles. The van der Waals surface area contributed by atoms with Crippen LogP contribution < -0.4 is 4.90 Å². The van der Waals surface area contributed by atoms with Crippen LogP contribution in [0.1, 0.15) is 30.6 Å². The maximum atomic E-state index is 11.4. The molecule has 4 nitrogen and oxygen atoms in total. The molecule has 1 aromatic heterocycles. The number of nitrogens with zero attached hydrogens (tertiary/aromatic N) is 2. The van der Waals surface area contributed by atoms with Gasteiger partial charge in [0.25, 0.3) is 0 Å². The van der Waals surface area contributed by atoms with Crippen LogP contribution in [0.5, 0.6) is 0 Å². The van der Waals surface area contributed by atoms with Gasteiger partial charge in [-0.25, -0.2) is 4.98 Å². The van der Waals surface area contributed by atoms with Gasteiger partial charge in [-0.1, -0.05) is 0 Å². The molecule has 1 unspecified atom stereocenters. The van der Waals surface area contributed by atoms with Gasteiger partial charge in [0, 0.05) is 19.8 Å². The minimum Gasteiger partial charge on any atom is -0.393 e. The molecule has 1 aromatic rings. The van der Waals surface area contributed by atoms with Gasteiger partial charge >= 0.3 is 0 Å². The molecule has 88 valence electrons. The van der Waals surface area contributed by atoms with Gasteiger partial charge in [0.15, 0.2) is 5.78 Å². The van der Waals surface area contributed by atoms with Crippen LogP contribution >= 0.6 is 0 Å². The van der Waals surface area contributed by atoms with Gasteiger partial charge in [0.2, 0.25) is 0 Å². The van der Waals surface area contributed by atoms with Crippen LogP contribution in [-0.4, -0.2) is 35.6 Å². The van der Waals surface area contributed by atoms with Gasteiger partial charge in [0.1, 0.15) is 5.82 Å². The second-order valence-corrected chi connectivity index (χ2v) is 3.99. The fourth-order valence-electron chi connectivity index (χ4n) is 1.46. The van der Waals surface area contributed by atoms with E-state index in [1.165, 1.54) is 6.92 Å². The molecule has 0 aliphatic heterocycles. The van der Waals surface area contributed by atoms with Crippen molar-refractivity contribution < 1.29 is 9.90 Å². The number of rotatable bonds is 5. The largest absolute Gasteiger partial charge is 0.393 e. The van der Waals surface area contributed by atoms with Crippen LogP contribution in [0.15, 0.2) is 18.3 Å². The lowest BCUT2D eigenvalue weighted by Gasteiger charge is -2.20. The quantitative estimate of drug-likeness (QED) is 0.767. The topological polar surface area (TPSA) is 53.4 Å².